The molecule has 0 unspecified atom stereocenters. The van der Waals surface area contributed by atoms with Crippen molar-refractivity contribution in [3.8, 4) is 0 Å². The Bertz CT molecular complexity index is 306. The van der Waals surface area contributed by atoms with Gasteiger partial charge in [0.1, 0.15) is 5.00 Å². The summed E-state index contributed by atoms with van der Waals surface area (Å²) in [6, 6.07) is 0. The molecule has 0 radical (unpaired) electrons. The van der Waals surface area contributed by atoms with Gasteiger partial charge in [0, 0.05) is 6.54 Å². The number of nitrogen functional groups attached to an aromatic ring is 1. The second kappa shape index (κ2) is 4.53. The van der Waals surface area contributed by atoms with Crippen molar-refractivity contribution < 1.29 is 0 Å². The summed E-state index contributed by atoms with van der Waals surface area (Å²) in [6.07, 6.45) is 1.99. The van der Waals surface area contributed by atoms with E-state index in [2.05, 4.69) is 16.3 Å². The lowest BCUT2D eigenvalue weighted by Gasteiger charge is -2.03. The largest absolute Gasteiger partial charge is 0.382 e. The highest BCUT2D eigenvalue weighted by molar-refractivity contribution is 7.99. The molecule has 0 fully saturated rings. The van der Waals surface area contributed by atoms with Crippen LogP contribution in [0, 0.1) is 0 Å². The third-order valence-electron chi connectivity index (χ3n) is 1.43. The van der Waals surface area contributed by atoms with Crippen molar-refractivity contribution in [3.63, 3.8) is 0 Å². The average Bonchev–Trinajstić information content (AvgIpc) is 2.42. The number of thioether (sulfide) groups is 1. The molecule has 1 aromatic heterocycles. The molecule has 0 amide bonds. The van der Waals surface area contributed by atoms with Crippen LogP contribution in [0.5, 0.6) is 0 Å². The molecule has 5 heteroatoms. The van der Waals surface area contributed by atoms with E-state index < -0.39 is 0 Å². The summed E-state index contributed by atoms with van der Waals surface area (Å²) < 4.78 is 4.07. The molecule has 0 bridgehead atoms. The first-order chi connectivity index (χ1) is 6.15. The van der Waals surface area contributed by atoms with Gasteiger partial charge in [-0.05, 0) is 24.7 Å². The molecule has 13 heavy (non-hydrogen) atoms. The van der Waals surface area contributed by atoms with Gasteiger partial charge >= 0.3 is 0 Å². The van der Waals surface area contributed by atoms with E-state index in [1.54, 1.807) is 11.8 Å². The molecule has 0 aromatic carbocycles. The molecule has 72 valence electrons. The molecule has 0 atom stereocenters. The molecule has 0 aliphatic carbocycles. The average molecular weight is 215 g/mol. The highest BCUT2D eigenvalue weighted by atomic mass is 32.2. The summed E-state index contributed by atoms with van der Waals surface area (Å²) >= 11 is 3.01. The molecule has 0 aliphatic rings. The Kier molecular flexibility index (Phi) is 3.62. The minimum atomic E-state index is 0.613. The maximum absolute atomic E-state index is 5.67. The van der Waals surface area contributed by atoms with E-state index in [9.17, 15) is 0 Å². The van der Waals surface area contributed by atoms with Crippen LogP contribution in [0.25, 0.3) is 0 Å². The lowest BCUT2D eigenvalue weighted by atomic mass is 10.3. The van der Waals surface area contributed by atoms with Crippen LogP contribution >= 0.6 is 23.3 Å². The molecule has 1 heterocycles. The SMILES string of the molecule is C=C(C)CNc1snc(N)c1SC. The van der Waals surface area contributed by atoms with Crippen LogP contribution in [0.2, 0.25) is 0 Å². The van der Waals surface area contributed by atoms with Gasteiger partial charge < -0.3 is 11.1 Å². The maximum Gasteiger partial charge on any atom is 0.153 e. The number of nitrogens with two attached hydrogens (primary N) is 1. The van der Waals surface area contributed by atoms with E-state index in [1.807, 2.05) is 13.2 Å². The fourth-order valence-electron chi connectivity index (χ4n) is 0.835. The van der Waals surface area contributed by atoms with E-state index in [-0.39, 0.29) is 0 Å². The summed E-state index contributed by atoms with van der Waals surface area (Å²) in [4.78, 5) is 1.03. The Balaban J connectivity index is 2.70. The Morgan fingerprint density at radius 3 is 3.00 bits per heavy atom. The number of hydrogen-bond donors (Lipinski definition) is 2. The molecule has 0 spiro atoms. The molecule has 0 aliphatic heterocycles. The first-order valence-corrected chi connectivity index (χ1v) is 5.82. The third-order valence-corrected chi connectivity index (χ3v) is 3.20. The van der Waals surface area contributed by atoms with Crippen molar-refractivity contribution in [1.82, 2.24) is 4.37 Å². The molecular formula is C8H13N3S2. The first kappa shape index (κ1) is 10.4. The van der Waals surface area contributed by atoms with E-state index in [0.717, 1.165) is 22.0 Å². The van der Waals surface area contributed by atoms with Crippen LogP contribution in [0.15, 0.2) is 17.0 Å². The van der Waals surface area contributed by atoms with Gasteiger partial charge in [-0.15, -0.1) is 11.8 Å². The smallest absolute Gasteiger partial charge is 0.153 e. The Morgan fingerprint density at radius 2 is 2.46 bits per heavy atom. The topological polar surface area (TPSA) is 50.9 Å². The van der Waals surface area contributed by atoms with Crippen LogP contribution in [-0.2, 0) is 0 Å². The van der Waals surface area contributed by atoms with Gasteiger partial charge in [-0.2, -0.15) is 4.37 Å². The molecule has 1 aromatic rings. The summed E-state index contributed by atoms with van der Waals surface area (Å²) in [7, 11) is 0. The molecule has 0 saturated carbocycles. The zero-order valence-electron chi connectivity index (χ0n) is 7.76. The van der Waals surface area contributed by atoms with Crippen LogP contribution in [-0.4, -0.2) is 17.2 Å². The predicted octanol–water partition coefficient (Wildman–Crippen LogP) is 2.44. The number of aromatic nitrogens is 1. The van der Waals surface area contributed by atoms with E-state index >= 15 is 0 Å². The zero-order valence-corrected chi connectivity index (χ0v) is 9.39. The zero-order chi connectivity index (χ0) is 9.84. The molecule has 3 nitrogen and oxygen atoms in total. The van der Waals surface area contributed by atoms with Crippen molar-refractivity contribution in [3.05, 3.63) is 12.2 Å². The van der Waals surface area contributed by atoms with Gasteiger partial charge in [0.05, 0.1) is 4.90 Å². The van der Waals surface area contributed by atoms with Crippen LogP contribution in [0.1, 0.15) is 6.92 Å². The lowest BCUT2D eigenvalue weighted by molar-refractivity contribution is 1.21. The minimum Gasteiger partial charge on any atom is -0.382 e. The van der Waals surface area contributed by atoms with Gasteiger partial charge in [-0.25, -0.2) is 0 Å². The second-order valence-corrected chi connectivity index (χ2v) is 4.33. The van der Waals surface area contributed by atoms with Gasteiger partial charge in [-0.3, -0.25) is 0 Å². The van der Waals surface area contributed by atoms with Crippen molar-refractivity contribution in [2.45, 2.75) is 11.8 Å². The quantitative estimate of drug-likeness (QED) is 0.598. The molecule has 1 rings (SSSR count). The lowest BCUT2D eigenvalue weighted by Crippen LogP contribution is -2.01. The van der Waals surface area contributed by atoms with E-state index in [1.165, 1.54) is 11.5 Å². The highest BCUT2D eigenvalue weighted by Crippen LogP contribution is 2.34. The van der Waals surface area contributed by atoms with Gasteiger partial charge in [0.25, 0.3) is 0 Å². The van der Waals surface area contributed by atoms with Crippen LogP contribution in [0.4, 0.5) is 10.8 Å². The molecular weight excluding hydrogens is 202 g/mol. The Labute approximate surface area is 86.6 Å². The summed E-state index contributed by atoms with van der Waals surface area (Å²) in [6.45, 7) is 6.57. The van der Waals surface area contributed by atoms with E-state index in [0.29, 0.717) is 5.82 Å². The monoisotopic (exact) mass is 215 g/mol. The maximum atomic E-state index is 5.67. The molecule has 3 N–H and O–H groups in total. The number of rotatable bonds is 4. The standard InChI is InChI=1S/C8H13N3S2/c1-5(2)4-10-8-6(12-3)7(9)11-13-8/h10H,1,4H2,2-3H3,(H2,9,11). The van der Waals surface area contributed by atoms with Crippen molar-refractivity contribution in [2.24, 2.45) is 0 Å². The van der Waals surface area contributed by atoms with Crippen LogP contribution < -0.4 is 11.1 Å². The van der Waals surface area contributed by atoms with Crippen molar-refractivity contribution in [2.75, 3.05) is 23.9 Å². The van der Waals surface area contributed by atoms with Gasteiger partial charge in [-0.1, -0.05) is 12.2 Å². The van der Waals surface area contributed by atoms with Crippen LogP contribution in [0.3, 0.4) is 0 Å². The highest BCUT2D eigenvalue weighted by Gasteiger charge is 2.08. The fraction of sp³-hybridized carbons (Fsp3) is 0.375. The molecule has 0 saturated heterocycles. The number of hydrogen-bond acceptors (Lipinski definition) is 5. The van der Waals surface area contributed by atoms with Crippen molar-refractivity contribution in [1.29, 1.82) is 0 Å². The fourth-order valence-corrected chi connectivity index (χ4v) is 2.37. The minimum absolute atomic E-state index is 0.613. The third kappa shape index (κ3) is 2.63. The first-order valence-electron chi connectivity index (χ1n) is 3.82. The summed E-state index contributed by atoms with van der Waals surface area (Å²) in [5.41, 5.74) is 6.77. The summed E-state index contributed by atoms with van der Waals surface area (Å²) in [5, 5.41) is 4.28. The number of anilines is 2. The van der Waals surface area contributed by atoms with E-state index in [4.69, 9.17) is 5.73 Å². The Hall–Kier alpha value is -0.680. The van der Waals surface area contributed by atoms with Gasteiger partial charge in [0.2, 0.25) is 0 Å². The number of nitrogens with zero attached hydrogens (tertiary/aromatic N) is 1. The van der Waals surface area contributed by atoms with Crippen molar-refractivity contribution >= 4 is 34.1 Å². The predicted molar refractivity (Wildman–Crippen MR) is 61.6 cm³/mol. The normalized spacial score (nSPS) is 10.0. The van der Waals surface area contributed by atoms with Gasteiger partial charge in [0.15, 0.2) is 5.82 Å². The number of nitrogens with one attached hydrogen (secondary N) is 1. The Morgan fingerprint density at radius 1 is 1.77 bits per heavy atom. The second-order valence-electron chi connectivity index (χ2n) is 2.74. The summed E-state index contributed by atoms with van der Waals surface area (Å²) in [5.74, 6) is 0.613.